The van der Waals surface area contributed by atoms with E-state index in [1.165, 1.54) is 5.69 Å². The molecular formula is C24H32N6O2. The second-order valence-corrected chi connectivity index (χ2v) is 8.19. The summed E-state index contributed by atoms with van der Waals surface area (Å²) >= 11 is 0. The third kappa shape index (κ3) is 4.55. The monoisotopic (exact) mass is 436 g/mol. The van der Waals surface area contributed by atoms with E-state index < -0.39 is 0 Å². The maximum Gasteiger partial charge on any atom is 0.272 e. The molecule has 3 heterocycles. The topological polar surface area (TPSA) is 88.1 Å². The van der Waals surface area contributed by atoms with Gasteiger partial charge in [0.2, 0.25) is 0 Å². The highest BCUT2D eigenvalue weighted by Gasteiger charge is 2.28. The highest BCUT2D eigenvalue weighted by atomic mass is 16.5. The van der Waals surface area contributed by atoms with Gasteiger partial charge in [-0.3, -0.25) is 14.4 Å². The third-order valence-corrected chi connectivity index (χ3v) is 6.08. The van der Waals surface area contributed by atoms with Gasteiger partial charge in [0.05, 0.1) is 12.8 Å². The first-order valence-corrected chi connectivity index (χ1v) is 11.3. The molecule has 0 atom stereocenters. The minimum atomic E-state index is -0.129. The smallest absolute Gasteiger partial charge is 0.272 e. The molecule has 32 heavy (non-hydrogen) atoms. The lowest BCUT2D eigenvalue weighted by molar-refractivity contribution is 0.0942. The molecular weight excluding hydrogens is 404 g/mol. The van der Waals surface area contributed by atoms with Crippen LogP contribution in [-0.4, -0.2) is 44.2 Å². The molecule has 2 N–H and O–H groups in total. The summed E-state index contributed by atoms with van der Waals surface area (Å²) in [6.07, 6.45) is 1.78. The molecule has 0 radical (unpaired) electrons. The first-order valence-electron chi connectivity index (χ1n) is 11.3. The van der Waals surface area contributed by atoms with Crippen molar-refractivity contribution in [3.63, 3.8) is 0 Å². The van der Waals surface area contributed by atoms with Crippen LogP contribution in [0.2, 0.25) is 0 Å². The zero-order valence-electron chi connectivity index (χ0n) is 19.4. The molecule has 170 valence electrons. The second kappa shape index (κ2) is 9.56. The summed E-state index contributed by atoms with van der Waals surface area (Å²) in [5, 5.41) is 7.70. The lowest BCUT2D eigenvalue weighted by Crippen LogP contribution is -2.32. The highest BCUT2D eigenvalue weighted by Crippen LogP contribution is 2.25. The van der Waals surface area contributed by atoms with Gasteiger partial charge in [0.25, 0.3) is 5.91 Å². The van der Waals surface area contributed by atoms with Crippen LogP contribution in [0.4, 0.5) is 0 Å². The number of benzene rings is 1. The Morgan fingerprint density at radius 1 is 1.25 bits per heavy atom. The average Bonchev–Trinajstić information content (AvgIpc) is 3.37. The molecule has 1 aliphatic rings. The number of carbonyl (C=O) groups is 1. The number of fused-ring (bicyclic) bond motifs is 1. The average molecular weight is 437 g/mol. The van der Waals surface area contributed by atoms with E-state index in [0.717, 1.165) is 66.6 Å². The summed E-state index contributed by atoms with van der Waals surface area (Å²) in [5.41, 5.74) is 5.96. The van der Waals surface area contributed by atoms with E-state index >= 15 is 0 Å². The number of aryl methyl sites for hydroxylation is 3. The summed E-state index contributed by atoms with van der Waals surface area (Å²) in [5.74, 6) is 1.69. The zero-order valence-corrected chi connectivity index (χ0v) is 19.4. The second-order valence-electron chi connectivity index (χ2n) is 8.19. The van der Waals surface area contributed by atoms with Crippen LogP contribution in [-0.2, 0) is 39.0 Å². The van der Waals surface area contributed by atoms with E-state index in [9.17, 15) is 4.79 Å². The molecule has 4 rings (SSSR count). The lowest BCUT2D eigenvalue weighted by atomic mass is 10.0. The highest BCUT2D eigenvalue weighted by molar-refractivity contribution is 5.94. The molecule has 3 aromatic rings. The zero-order chi connectivity index (χ0) is 22.7. The largest absolute Gasteiger partial charge is 0.497 e. The predicted molar refractivity (Wildman–Crippen MR) is 123 cm³/mol. The Balaban J connectivity index is 1.48. The molecule has 0 fully saturated rings. The van der Waals surface area contributed by atoms with E-state index in [1.807, 2.05) is 28.9 Å². The maximum absolute atomic E-state index is 13.1. The number of hydrogen-bond acceptors (Lipinski definition) is 5. The van der Waals surface area contributed by atoms with Crippen molar-refractivity contribution in [3.05, 3.63) is 64.0 Å². The van der Waals surface area contributed by atoms with E-state index in [2.05, 4.69) is 41.1 Å². The standard InChI is InChI=1S/C24H32N6O2/c1-5-22-26-16(3)20(27-22)15-29-12-11-21-19(14-29)23(28-30(21)6-2)24(31)25-13-17-7-9-18(32-4)10-8-17/h7-10H,5-6,11-15H2,1-4H3,(H,25,31)(H,26,27). The quantitative estimate of drug-likeness (QED) is 0.567. The van der Waals surface area contributed by atoms with E-state index in [4.69, 9.17) is 9.72 Å². The maximum atomic E-state index is 13.1. The SMILES string of the molecule is CCc1nc(CN2CCc3c(c(C(=O)NCc4ccc(OC)cc4)nn3CC)C2)c(C)[nH]1. The van der Waals surface area contributed by atoms with Gasteiger partial charge in [0.15, 0.2) is 5.69 Å². The predicted octanol–water partition coefficient (Wildman–Crippen LogP) is 2.99. The number of aromatic amines is 1. The molecule has 8 nitrogen and oxygen atoms in total. The molecule has 1 aromatic carbocycles. The normalized spacial score (nSPS) is 13.8. The van der Waals surface area contributed by atoms with Gasteiger partial charge in [0.1, 0.15) is 11.6 Å². The molecule has 0 saturated heterocycles. The Kier molecular flexibility index (Phi) is 6.60. The van der Waals surface area contributed by atoms with Crippen LogP contribution in [0.1, 0.15) is 58.4 Å². The molecule has 1 amide bonds. The molecule has 0 spiro atoms. The first-order chi connectivity index (χ1) is 15.5. The Morgan fingerprint density at radius 2 is 2.03 bits per heavy atom. The van der Waals surface area contributed by atoms with Gasteiger partial charge >= 0.3 is 0 Å². The number of nitrogens with one attached hydrogen (secondary N) is 2. The molecule has 8 heteroatoms. The number of imidazole rings is 1. The van der Waals surface area contributed by atoms with Crippen molar-refractivity contribution in [1.29, 1.82) is 0 Å². The number of H-pyrrole nitrogens is 1. The molecule has 0 saturated carbocycles. The van der Waals surface area contributed by atoms with E-state index in [-0.39, 0.29) is 5.91 Å². The van der Waals surface area contributed by atoms with Crippen LogP contribution in [0.3, 0.4) is 0 Å². The number of ether oxygens (including phenoxy) is 1. The van der Waals surface area contributed by atoms with Crippen molar-refractivity contribution < 1.29 is 9.53 Å². The fourth-order valence-corrected chi connectivity index (χ4v) is 4.23. The summed E-state index contributed by atoms with van der Waals surface area (Å²) in [7, 11) is 1.64. The van der Waals surface area contributed by atoms with E-state index in [1.54, 1.807) is 7.11 Å². The van der Waals surface area contributed by atoms with Gasteiger partial charge in [-0.15, -0.1) is 0 Å². The summed E-state index contributed by atoms with van der Waals surface area (Å²) in [4.78, 5) is 23.5. The fraction of sp³-hybridized carbons (Fsp3) is 0.458. The third-order valence-electron chi connectivity index (χ3n) is 6.08. The molecule has 0 bridgehead atoms. The van der Waals surface area contributed by atoms with Crippen molar-refractivity contribution in [3.8, 4) is 5.75 Å². The number of rotatable bonds is 8. The van der Waals surface area contributed by atoms with Crippen LogP contribution >= 0.6 is 0 Å². The van der Waals surface area contributed by atoms with Crippen molar-refractivity contribution >= 4 is 5.91 Å². The van der Waals surface area contributed by atoms with Crippen molar-refractivity contribution in [2.24, 2.45) is 0 Å². The van der Waals surface area contributed by atoms with Gasteiger partial charge < -0.3 is 15.0 Å². The minimum Gasteiger partial charge on any atom is -0.497 e. The molecule has 0 unspecified atom stereocenters. The van der Waals surface area contributed by atoms with Gasteiger partial charge in [-0.2, -0.15) is 5.10 Å². The molecule has 0 aliphatic carbocycles. The lowest BCUT2D eigenvalue weighted by Gasteiger charge is -2.27. The van der Waals surface area contributed by atoms with Crippen molar-refractivity contribution in [2.45, 2.75) is 59.8 Å². The summed E-state index contributed by atoms with van der Waals surface area (Å²) in [6.45, 7) is 9.85. The van der Waals surface area contributed by atoms with Crippen LogP contribution in [0.25, 0.3) is 0 Å². The van der Waals surface area contributed by atoms with Crippen LogP contribution in [0.5, 0.6) is 5.75 Å². The van der Waals surface area contributed by atoms with Gasteiger partial charge in [-0.1, -0.05) is 19.1 Å². The number of aromatic nitrogens is 4. The number of hydrogen-bond donors (Lipinski definition) is 2. The Labute approximate surface area is 189 Å². The molecule has 1 aliphatic heterocycles. The minimum absolute atomic E-state index is 0.129. The number of carbonyl (C=O) groups excluding carboxylic acids is 1. The van der Waals surface area contributed by atoms with Gasteiger partial charge in [0, 0.05) is 62.5 Å². The van der Waals surface area contributed by atoms with Crippen molar-refractivity contribution in [2.75, 3.05) is 13.7 Å². The number of methoxy groups -OCH3 is 1. The Bertz CT molecular complexity index is 1080. The summed E-state index contributed by atoms with van der Waals surface area (Å²) in [6, 6.07) is 7.71. The fourth-order valence-electron chi connectivity index (χ4n) is 4.23. The Hall–Kier alpha value is -3.13. The van der Waals surface area contributed by atoms with Gasteiger partial charge in [-0.05, 0) is 31.5 Å². The van der Waals surface area contributed by atoms with Crippen LogP contribution in [0.15, 0.2) is 24.3 Å². The first kappa shape index (κ1) is 22.1. The van der Waals surface area contributed by atoms with Crippen LogP contribution < -0.4 is 10.1 Å². The number of nitrogens with zero attached hydrogens (tertiary/aromatic N) is 4. The molecule has 2 aromatic heterocycles. The number of amides is 1. The summed E-state index contributed by atoms with van der Waals surface area (Å²) < 4.78 is 7.17. The Morgan fingerprint density at radius 3 is 2.69 bits per heavy atom. The van der Waals surface area contributed by atoms with Crippen molar-refractivity contribution in [1.82, 2.24) is 30.0 Å². The van der Waals surface area contributed by atoms with Gasteiger partial charge in [-0.25, -0.2) is 4.98 Å². The van der Waals surface area contributed by atoms with Crippen LogP contribution in [0, 0.1) is 6.92 Å². The van der Waals surface area contributed by atoms with E-state index in [0.29, 0.717) is 18.8 Å².